The molecular formula is C18H32N4O. The van der Waals surface area contributed by atoms with Gasteiger partial charge in [-0.15, -0.1) is 0 Å². The van der Waals surface area contributed by atoms with E-state index in [1.165, 1.54) is 25.7 Å². The van der Waals surface area contributed by atoms with Crippen molar-refractivity contribution >= 4 is 5.96 Å². The fraction of sp³-hybridized carbons (Fsp3) is 0.778. The van der Waals surface area contributed by atoms with Gasteiger partial charge in [-0.3, -0.25) is 0 Å². The van der Waals surface area contributed by atoms with E-state index in [0.29, 0.717) is 23.9 Å². The van der Waals surface area contributed by atoms with Gasteiger partial charge in [-0.1, -0.05) is 32.9 Å². The van der Waals surface area contributed by atoms with E-state index in [2.05, 4.69) is 55.4 Å². The zero-order chi connectivity index (χ0) is 16.9. The van der Waals surface area contributed by atoms with E-state index in [0.717, 1.165) is 24.0 Å². The number of nitrogens with one attached hydrogen (secondary N) is 2. The molecule has 0 unspecified atom stereocenters. The van der Waals surface area contributed by atoms with Crippen LogP contribution in [0.15, 0.2) is 15.6 Å². The topological polar surface area (TPSA) is 62.5 Å². The second-order valence-corrected chi connectivity index (χ2v) is 7.65. The van der Waals surface area contributed by atoms with Gasteiger partial charge in [0.1, 0.15) is 6.54 Å². The molecule has 1 aliphatic rings. The Morgan fingerprint density at radius 2 is 2.09 bits per heavy atom. The molecule has 1 aliphatic carbocycles. The van der Waals surface area contributed by atoms with Gasteiger partial charge in [0.05, 0.1) is 5.69 Å². The molecule has 0 aliphatic heterocycles. The van der Waals surface area contributed by atoms with Crippen LogP contribution in [0.4, 0.5) is 0 Å². The normalized spacial score (nSPS) is 19.1. The lowest BCUT2D eigenvalue weighted by atomic mass is 9.75. The van der Waals surface area contributed by atoms with Crippen LogP contribution in [0.25, 0.3) is 0 Å². The summed E-state index contributed by atoms with van der Waals surface area (Å²) in [4.78, 5) is 4.65. The summed E-state index contributed by atoms with van der Waals surface area (Å²) in [7, 11) is 0. The third-order valence-electron chi connectivity index (χ3n) is 4.59. The van der Waals surface area contributed by atoms with Crippen molar-refractivity contribution in [3.63, 3.8) is 0 Å². The summed E-state index contributed by atoms with van der Waals surface area (Å²) in [6, 6.07) is 2.52. The Labute approximate surface area is 140 Å². The van der Waals surface area contributed by atoms with Crippen molar-refractivity contribution in [2.45, 2.75) is 78.8 Å². The minimum atomic E-state index is 0.383. The molecule has 5 nitrogen and oxygen atoms in total. The van der Waals surface area contributed by atoms with Crippen LogP contribution < -0.4 is 10.6 Å². The molecule has 2 rings (SSSR count). The molecule has 0 amide bonds. The predicted octanol–water partition coefficient (Wildman–Crippen LogP) is 3.82. The van der Waals surface area contributed by atoms with Crippen LogP contribution in [-0.2, 0) is 6.54 Å². The Balaban J connectivity index is 1.91. The quantitative estimate of drug-likeness (QED) is 0.639. The van der Waals surface area contributed by atoms with Crippen molar-refractivity contribution in [1.29, 1.82) is 0 Å². The first-order valence-electron chi connectivity index (χ1n) is 8.90. The largest absolute Gasteiger partial charge is 0.359 e. The molecule has 0 radical (unpaired) electrons. The van der Waals surface area contributed by atoms with Crippen LogP contribution in [0.2, 0.25) is 0 Å². The SMILES string of the molecule is CCNC(=NCc1cc(C(C)C)no1)NC1CCC(C)(C)CC1. The van der Waals surface area contributed by atoms with Crippen LogP contribution in [-0.4, -0.2) is 23.7 Å². The van der Waals surface area contributed by atoms with Crippen molar-refractivity contribution in [1.82, 2.24) is 15.8 Å². The average Bonchev–Trinajstić information content (AvgIpc) is 2.96. The molecule has 2 N–H and O–H groups in total. The maximum atomic E-state index is 5.36. The monoisotopic (exact) mass is 320 g/mol. The highest BCUT2D eigenvalue weighted by Crippen LogP contribution is 2.34. The van der Waals surface area contributed by atoms with Crippen LogP contribution in [0.5, 0.6) is 0 Å². The van der Waals surface area contributed by atoms with Gasteiger partial charge < -0.3 is 15.2 Å². The first-order chi connectivity index (χ1) is 10.9. The maximum Gasteiger partial charge on any atom is 0.191 e. The summed E-state index contributed by atoms with van der Waals surface area (Å²) in [5.74, 6) is 2.07. The highest BCUT2D eigenvalue weighted by atomic mass is 16.5. The molecule has 0 atom stereocenters. The molecule has 130 valence electrons. The van der Waals surface area contributed by atoms with E-state index >= 15 is 0 Å². The van der Waals surface area contributed by atoms with Crippen LogP contribution in [0, 0.1) is 5.41 Å². The number of hydrogen-bond donors (Lipinski definition) is 2. The summed E-state index contributed by atoms with van der Waals surface area (Å²) in [6.07, 6.45) is 4.95. The van der Waals surface area contributed by atoms with E-state index in [1.807, 2.05) is 6.07 Å². The standard InChI is InChI=1S/C18H32N4O/c1-6-19-17(21-14-7-9-18(4,5)10-8-14)20-12-15-11-16(13(2)3)22-23-15/h11,13-14H,6-10,12H2,1-5H3,(H2,19,20,21). The van der Waals surface area contributed by atoms with Crippen LogP contribution in [0.1, 0.15) is 77.7 Å². The third kappa shape index (κ3) is 5.56. The molecule has 1 heterocycles. The first-order valence-corrected chi connectivity index (χ1v) is 8.90. The van der Waals surface area contributed by atoms with E-state index < -0.39 is 0 Å². The van der Waals surface area contributed by atoms with Gasteiger partial charge in [0.25, 0.3) is 0 Å². The van der Waals surface area contributed by atoms with Crippen molar-refractivity contribution in [2.24, 2.45) is 10.4 Å². The molecule has 0 aromatic carbocycles. The highest BCUT2D eigenvalue weighted by Gasteiger charge is 2.27. The number of nitrogens with zero attached hydrogens (tertiary/aromatic N) is 2. The number of guanidine groups is 1. The molecule has 0 saturated heterocycles. The minimum Gasteiger partial charge on any atom is -0.359 e. The second-order valence-electron chi connectivity index (χ2n) is 7.65. The summed E-state index contributed by atoms with van der Waals surface area (Å²) in [6.45, 7) is 12.4. The lowest BCUT2D eigenvalue weighted by molar-refractivity contribution is 0.216. The number of hydrogen-bond acceptors (Lipinski definition) is 3. The van der Waals surface area contributed by atoms with Crippen molar-refractivity contribution in [2.75, 3.05) is 6.54 Å². The fourth-order valence-electron chi connectivity index (χ4n) is 2.89. The summed E-state index contributed by atoms with van der Waals surface area (Å²) < 4.78 is 5.36. The molecule has 1 aromatic heterocycles. The molecule has 23 heavy (non-hydrogen) atoms. The molecule has 5 heteroatoms. The van der Waals surface area contributed by atoms with Crippen molar-refractivity contribution in [3.8, 4) is 0 Å². The summed E-state index contributed by atoms with van der Waals surface area (Å²) in [5.41, 5.74) is 1.48. The number of aromatic nitrogens is 1. The second kappa shape index (κ2) is 7.84. The average molecular weight is 320 g/mol. The van der Waals surface area contributed by atoms with Crippen molar-refractivity contribution in [3.05, 3.63) is 17.5 Å². The van der Waals surface area contributed by atoms with Gasteiger partial charge in [-0.05, 0) is 43.9 Å². The number of aliphatic imine (C=N–C) groups is 1. The molecule has 1 aromatic rings. The third-order valence-corrected chi connectivity index (χ3v) is 4.59. The first kappa shape index (κ1) is 17.8. The summed E-state index contributed by atoms with van der Waals surface area (Å²) in [5, 5.41) is 11.0. The van der Waals surface area contributed by atoms with E-state index in [4.69, 9.17) is 4.52 Å². The Morgan fingerprint density at radius 1 is 1.39 bits per heavy atom. The smallest absolute Gasteiger partial charge is 0.191 e. The number of rotatable bonds is 5. The van der Waals surface area contributed by atoms with Gasteiger partial charge in [-0.2, -0.15) is 0 Å². The van der Waals surface area contributed by atoms with Gasteiger partial charge in [-0.25, -0.2) is 4.99 Å². The summed E-state index contributed by atoms with van der Waals surface area (Å²) >= 11 is 0. The van der Waals surface area contributed by atoms with Crippen molar-refractivity contribution < 1.29 is 4.52 Å². The molecule has 1 fully saturated rings. The fourth-order valence-corrected chi connectivity index (χ4v) is 2.89. The molecule has 1 saturated carbocycles. The van der Waals surface area contributed by atoms with Gasteiger partial charge in [0, 0.05) is 18.7 Å². The van der Waals surface area contributed by atoms with E-state index in [9.17, 15) is 0 Å². The van der Waals surface area contributed by atoms with Crippen LogP contribution in [0.3, 0.4) is 0 Å². The Bertz CT molecular complexity index is 509. The minimum absolute atomic E-state index is 0.383. The zero-order valence-corrected chi connectivity index (χ0v) is 15.3. The Kier molecular flexibility index (Phi) is 6.08. The van der Waals surface area contributed by atoms with E-state index in [1.54, 1.807) is 0 Å². The van der Waals surface area contributed by atoms with Gasteiger partial charge in [0.15, 0.2) is 11.7 Å². The molecular weight excluding hydrogens is 288 g/mol. The molecule has 0 spiro atoms. The van der Waals surface area contributed by atoms with E-state index in [-0.39, 0.29) is 0 Å². The lowest BCUT2D eigenvalue weighted by Crippen LogP contribution is -2.45. The van der Waals surface area contributed by atoms with Gasteiger partial charge >= 0.3 is 0 Å². The maximum absolute atomic E-state index is 5.36. The Hall–Kier alpha value is -1.52. The molecule has 0 bridgehead atoms. The highest BCUT2D eigenvalue weighted by molar-refractivity contribution is 5.80. The predicted molar refractivity (Wildman–Crippen MR) is 94.6 cm³/mol. The Morgan fingerprint density at radius 3 is 2.65 bits per heavy atom. The lowest BCUT2D eigenvalue weighted by Gasteiger charge is -2.35. The van der Waals surface area contributed by atoms with Crippen LogP contribution >= 0.6 is 0 Å². The van der Waals surface area contributed by atoms with Gasteiger partial charge in [0.2, 0.25) is 0 Å². The zero-order valence-electron chi connectivity index (χ0n) is 15.3.